The van der Waals surface area contributed by atoms with Gasteiger partial charge in [0.1, 0.15) is 0 Å². The molecule has 0 spiro atoms. The predicted molar refractivity (Wildman–Crippen MR) is 76.1 cm³/mol. The Hall–Kier alpha value is -0.390. The molecule has 0 aromatic heterocycles. The molecule has 4 nitrogen and oxygen atoms in total. The zero-order valence-electron chi connectivity index (χ0n) is 11.8. The highest BCUT2D eigenvalue weighted by molar-refractivity contribution is 7.89. The van der Waals surface area contributed by atoms with Crippen molar-refractivity contribution in [3.8, 4) is 0 Å². The second kappa shape index (κ2) is 6.17. The molecule has 106 valence electrons. The fraction of sp³-hybridized carbons (Fsp3) is 0.846. The minimum Gasteiger partial charge on any atom is -0.313 e. The van der Waals surface area contributed by atoms with Gasteiger partial charge >= 0.3 is 0 Å². The van der Waals surface area contributed by atoms with Gasteiger partial charge in [-0.25, -0.2) is 8.42 Å². The van der Waals surface area contributed by atoms with E-state index in [4.69, 9.17) is 0 Å². The maximum Gasteiger partial charge on any atom is 0.216 e. The summed E-state index contributed by atoms with van der Waals surface area (Å²) < 4.78 is 26.5. The van der Waals surface area contributed by atoms with Crippen LogP contribution in [0.25, 0.3) is 0 Å². The van der Waals surface area contributed by atoms with E-state index in [0.29, 0.717) is 6.54 Å². The van der Waals surface area contributed by atoms with Crippen molar-refractivity contribution in [3.05, 3.63) is 12.7 Å². The molecule has 1 atom stereocenters. The highest BCUT2D eigenvalue weighted by Crippen LogP contribution is 2.20. The molecular formula is C13H26N2O2S. The Morgan fingerprint density at radius 3 is 2.50 bits per heavy atom. The Morgan fingerprint density at radius 1 is 1.39 bits per heavy atom. The van der Waals surface area contributed by atoms with Crippen molar-refractivity contribution in [2.45, 2.75) is 51.6 Å². The Bertz CT molecular complexity index is 365. The fourth-order valence-electron chi connectivity index (χ4n) is 2.33. The van der Waals surface area contributed by atoms with Gasteiger partial charge in [-0.2, -0.15) is 4.31 Å². The summed E-state index contributed by atoms with van der Waals surface area (Å²) in [4.78, 5) is 0. The van der Waals surface area contributed by atoms with E-state index < -0.39 is 15.6 Å². The molecule has 1 aliphatic rings. The van der Waals surface area contributed by atoms with Gasteiger partial charge in [0.05, 0.1) is 5.75 Å². The number of piperidine rings is 1. The van der Waals surface area contributed by atoms with Crippen molar-refractivity contribution in [2.75, 3.05) is 18.8 Å². The van der Waals surface area contributed by atoms with Gasteiger partial charge in [0.15, 0.2) is 0 Å². The van der Waals surface area contributed by atoms with Crippen LogP contribution >= 0.6 is 0 Å². The van der Waals surface area contributed by atoms with Gasteiger partial charge in [-0.15, -0.1) is 6.58 Å². The maximum atomic E-state index is 12.5. The lowest BCUT2D eigenvalue weighted by Crippen LogP contribution is -2.50. The summed E-state index contributed by atoms with van der Waals surface area (Å²) in [5, 5.41) is 3.29. The first kappa shape index (κ1) is 15.7. The average molecular weight is 274 g/mol. The third-order valence-corrected chi connectivity index (χ3v) is 5.40. The Labute approximate surface area is 111 Å². The summed E-state index contributed by atoms with van der Waals surface area (Å²) in [7, 11) is -3.24. The van der Waals surface area contributed by atoms with E-state index >= 15 is 0 Å². The predicted octanol–water partition coefficient (Wildman–Crippen LogP) is 1.74. The number of hydrogen-bond acceptors (Lipinski definition) is 3. The van der Waals surface area contributed by atoms with E-state index in [0.717, 1.165) is 25.8 Å². The number of rotatable bonds is 5. The molecule has 1 saturated heterocycles. The molecule has 0 radical (unpaired) electrons. The maximum absolute atomic E-state index is 12.5. The van der Waals surface area contributed by atoms with Gasteiger partial charge in [0.25, 0.3) is 0 Å². The first-order chi connectivity index (χ1) is 8.27. The van der Waals surface area contributed by atoms with Crippen LogP contribution in [0.5, 0.6) is 0 Å². The van der Waals surface area contributed by atoms with Crippen LogP contribution in [0.4, 0.5) is 0 Å². The number of hydrogen-bond donors (Lipinski definition) is 1. The van der Waals surface area contributed by atoms with E-state index in [1.807, 2.05) is 20.8 Å². The third-order valence-electron chi connectivity index (χ3n) is 3.20. The third kappa shape index (κ3) is 4.37. The van der Waals surface area contributed by atoms with E-state index in [1.165, 1.54) is 0 Å². The summed E-state index contributed by atoms with van der Waals surface area (Å²) >= 11 is 0. The van der Waals surface area contributed by atoms with Gasteiger partial charge < -0.3 is 5.32 Å². The van der Waals surface area contributed by atoms with Gasteiger partial charge in [-0.3, -0.25) is 0 Å². The fourth-order valence-corrected chi connectivity index (χ4v) is 4.47. The second-order valence-corrected chi connectivity index (χ2v) is 7.85. The molecule has 1 rings (SSSR count). The summed E-state index contributed by atoms with van der Waals surface area (Å²) in [6.45, 7) is 10.7. The van der Waals surface area contributed by atoms with Gasteiger partial charge in [-0.1, -0.05) is 12.5 Å². The molecule has 1 heterocycles. The Balaban J connectivity index is 2.78. The van der Waals surface area contributed by atoms with Crippen molar-refractivity contribution in [2.24, 2.45) is 0 Å². The molecule has 5 heteroatoms. The van der Waals surface area contributed by atoms with Crippen LogP contribution in [0.15, 0.2) is 12.7 Å². The SMILES string of the molecule is C=CCN(C(C)(C)C)S(=O)(=O)CC1CCCCN1. The van der Waals surface area contributed by atoms with E-state index in [-0.39, 0.29) is 11.8 Å². The summed E-state index contributed by atoms with van der Waals surface area (Å²) in [6, 6.07) is 0.0958. The van der Waals surface area contributed by atoms with E-state index in [1.54, 1.807) is 10.4 Å². The van der Waals surface area contributed by atoms with Crippen LogP contribution in [0.3, 0.4) is 0 Å². The van der Waals surface area contributed by atoms with Crippen LogP contribution in [-0.2, 0) is 10.0 Å². The topological polar surface area (TPSA) is 49.4 Å². The van der Waals surface area contributed by atoms with Gasteiger partial charge in [-0.05, 0) is 40.2 Å². The Kier molecular flexibility index (Phi) is 5.37. The number of nitrogens with zero attached hydrogens (tertiary/aromatic N) is 1. The quantitative estimate of drug-likeness (QED) is 0.777. The lowest BCUT2D eigenvalue weighted by Gasteiger charge is -2.35. The molecule has 0 aliphatic carbocycles. The molecule has 0 amide bonds. The van der Waals surface area contributed by atoms with Crippen LogP contribution in [0.2, 0.25) is 0 Å². The van der Waals surface area contributed by atoms with Crippen LogP contribution < -0.4 is 5.32 Å². The minimum absolute atomic E-state index is 0.0958. The highest BCUT2D eigenvalue weighted by atomic mass is 32.2. The zero-order chi connectivity index (χ0) is 13.8. The largest absolute Gasteiger partial charge is 0.313 e. The summed E-state index contributed by atoms with van der Waals surface area (Å²) in [5.41, 5.74) is -0.401. The molecule has 1 aliphatic heterocycles. The first-order valence-electron chi connectivity index (χ1n) is 6.62. The van der Waals surface area contributed by atoms with Crippen molar-refractivity contribution in [3.63, 3.8) is 0 Å². The monoisotopic (exact) mass is 274 g/mol. The summed E-state index contributed by atoms with van der Waals surface area (Å²) in [6.07, 6.45) is 4.86. The van der Waals surface area contributed by atoms with Gasteiger partial charge in [0.2, 0.25) is 10.0 Å². The Morgan fingerprint density at radius 2 is 2.06 bits per heavy atom. The van der Waals surface area contributed by atoms with Crippen LogP contribution in [0, 0.1) is 0 Å². The standard InChI is InChI=1S/C13H26N2O2S/c1-5-10-15(13(2,3)4)18(16,17)11-12-8-6-7-9-14-12/h5,12,14H,1,6-11H2,2-4H3. The average Bonchev–Trinajstić information content (AvgIpc) is 2.24. The highest BCUT2D eigenvalue weighted by Gasteiger charge is 2.33. The lowest BCUT2D eigenvalue weighted by molar-refractivity contribution is 0.267. The molecule has 0 bridgehead atoms. The minimum atomic E-state index is -3.24. The van der Waals surface area contributed by atoms with Crippen molar-refractivity contribution >= 4 is 10.0 Å². The van der Waals surface area contributed by atoms with Gasteiger partial charge in [0, 0.05) is 18.1 Å². The molecule has 1 fully saturated rings. The molecular weight excluding hydrogens is 248 g/mol. The van der Waals surface area contributed by atoms with Crippen molar-refractivity contribution < 1.29 is 8.42 Å². The second-order valence-electron chi connectivity index (χ2n) is 5.92. The van der Waals surface area contributed by atoms with Crippen molar-refractivity contribution in [1.29, 1.82) is 0 Å². The molecule has 0 aromatic rings. The molecule has 18 heavy (non-hydrogen) atoms. The first-order valence-corrected chi connectivity index (χ1v) is 8.23. The number of nitrogens with one attached hydrogen (secondary N) is 1. The number of sulfonamides is 1. The molecule has 0 aromatic carbocycles. The van der Waals surface area contributed by atoms with Crippen LogP contribution in [-0.4, -0.2) is 43.1 Å². The zero-order valence-corrected chi connectivity index (χ0v) is 12.6. The molecule has 1 N–H and O–H groups in total. The molecule has 1 unspecified atom stereocenters. The lowest BCUT2D eigenvalue weighted by atomic mass is 10.1. The van der Waals surface area contributed by atoms with Crippen molar-refractivity contribution in [1.82, 2.24) is 9.62 Å². The van der Waals surface area contributed by atoms with Crippen LogP contribution in [0.1, 0.15) is 40.0 Å². The van der Waals surface area contributed by atoms with E-state index in [2.05, 4.69) is 11.9 Å². The van der Waals surface area contributed by atoms with E-state index in [9.17, 15) is 8.42 Å². The molecule has 0 saturated carbocycles. The smallest absolute Gasteiger partial charge is 0.216 e. The summed E-state index contributed by atoms with van der Waals surface area (Å²) in [5.74, 6) is 0.193. The normalized spacial score (nSPS) is 22.1.